The van der Waals surface area contributed by atoms with Crippen molar-refractivity contribution < 1.29 is 16.8 Å². The molecule has 2 aromatic carbocycles. The van der Waals surface area contributed by atoms with Crippen molar-refractivity contribution in [1.82, 2.24) is 4.31 Å². The van der Waals surface area contributed by atoms with Crippen LogP contribution in [-0.2, 0) is 19.9 Å². The van der Waals surface area contributed by atoms with Gasteiger partial charge >= 0.3 is 0 Å². The molecule has 0 aliphatic heterocycles. The Morgan fingerprint density at radius 3 is 1.54 bits per heavy atom. The molecule has 0 bridgehead atoms. The van der Waals surface area contributed by atoms with Crippen molar-refractivity contribution in [2.45, 2.75) is 57.4 Å². The first-order valence-electron chi connectivity index (χ1n) is 9.06. The van der Waals surface area contributed by atoms with Crippen LogP contribution in [0, 0.1) is 34.6 Å². The number of rotatable bonds is 5. The van der Waals surface area contributed by atoms with Gasteiger partial charge in [-0.25, -0.2) is 16.8 Å². The van der Waals surface area contributed by atoms with Gasteiger partial charge in [-0.15, -0.1) is 0 Å². The van der Waals surface area contributed by atoms with Crippen LogP contribution in [0.5, 0.6) is 0 Å². The number of benzene rings is 2. The second-order valence-corrected chi connectivity index (χ2v) is 11.4. The van der Waals surface area contributed by atoms with Gasteiger partial charge in [0.15, 0.2) is 9.84 Å². The van der Waals surface area contributed by atoms with E-state index in [4.69, 9.17) is 0 Å². The first-order valence-corrected chi connectivity index (χ1v) is 12.4. The summed E-state index contributed by atoms with van der Waals surface area (Å²) in [6, 6.07) is 5.91. The quantitative estimate of drug-likeness (QED) is 0.728. The summed E-state index contributed by atoms with van der Waals surface area (Å²) in [6.45, 7) is 11.4. The van der Waals surface area contributed by atoms with Crippen molar-refractivity contribution >= 4 is 19.9 Å². The first kappa shape index (κ1) is 22.6. The highest BCUT2D eigenvalue weighted by molar-refractivity contribution is 7.90. The average Bonchev–Trinajstić information content (AvgIpc) is 2.62. The molecular formula is C21H29NO4S2. The number of nitrogens with zero attached hydrogens (tertiary/aromatic N) is 1. The van der Waals surface area contributed by atoms with E-state index < -0.39 is 25.9 Å². The molecule has 0 fully saturated rings. The van der Waals surface area contributed by atoms with Crippen LogP contribution in [0.4, 0.5) is 0 Å². The minimum absolute atomic E-state index is 0.213. The summed E-state index contributed by atoms with van der Waals surface area (Å²) < 4.78 is 51.6. The Kier molecular flexibility index (Phi) is 6.14. The fourth-order valence-corrected chi connectivity index (χ4v) is 5.94. The van der Waals surface area contributed by atoms with Gasteiger partial charge in [-0.05, 0) is 87.1 Å². The second-order valence-electron chi connectivity index (χ2n) is 7.49. The summed E-state index contributed by atoms with van der Waals surface area (Å²) in [6.07, 6.45) is 1.15. The van der Waals surface area contributed by atoms with Crippen LogP contribution in [0.15, 0.2) is 34.1 Å². The first-order chi connectivity index (χ1) is 12.7. The standard InChI is InChI=1S/C21H29NO4S2/c1-13-14(2)16(4)21(17(5)15(13)3)28(25,26)22(7)18(6)19-9-11-20(12-10-19)27(8,23)24/h9-12,18H,1-8H3. The molecule has 2 aromatic rings. The van der Waals surface area contributed by atoms with Crippen molar-refractivity contribution in [1.29, 1.82) is 0 Å². The zero-order valence-corrected chi connectivity index (χ0v) is 19.4. The molecule has 154 valence electrons. The molecule has 5 nitrogen and oxygen atoms in total. The van der Waals surface area contributed by atoms with Gasteiger partial charge in [-0.2, -0.15) is 4.31 Å². The van der Waals surface area contributed by atoms with E-state index in [1.165, 1.54) is 16.4 Å². The number of sulfone groups is 1. The molecule has 0 saturated heterocycles. The van der Waals surface area contributed by atoms with Crippen LogP contribution in [0.25, 0.3) is 0 Å². The molecule has 0 heterocycles. The molecule has 0 aliphatic carbocycles. The molecular weight excluding hydrogens is 394 g/mol. The van der Waals surface area contributed by atoms with Crippen molar-refractivity contribution in [3.63, 3.8) is 0 Å². The molecule has 1 unspecified atom stereocenters. The number of hydrogen-bond donors (Lipinski definition) is 0. The molecule has 0 amide bonds. The van der Waals surface area contributed by atoms with Crippen molar-refractivity contribution in [3.05, 3.63) is 57.6 Å². The Bertz CT molecular complexity index is 1090. The average molecular weight is 424 g/mol. The van der Waals surface area contributed by atoms with Gasteiger partial charge in [-0.3, -0.25) is 0 Å². The van der Waals surface area contributed by atoms with E-state index in [0.717, 1.165) is 39.6 Å². The molecule has 28 heavy (non-hydrogen) atoms. The van der Waals surface area contributed by atoms with Crippen LogP contribution in [0.2, 0.25) is 0 Å². The zero-order chi connectivity index (χ0) is 21.6. The van der Waals surface area contributed by atoms with Crippen molar-refractivity contribution in [3.8, 4) is 0 Å². The van der Waals surface area contributed by atoms with Crippen molar-refractivity contribution in [2.24, 2.45) is 0 Å². The minimum Gasteiger partial charge on any atom is -0.224 e. The minimum atomic E-state index is -3.73. The SMILES string of the molecule is Cc1c(C)c(C)c(S(=O)(=O)N(C)C(C)c2ccc(S(C)(=O)=O)cc2)c(C)c1C. The maximum absolute atomic E-state index is 13.5. The Balaban J connectivity index is 2.53. The van der Waals surface area contributed by atoms with Gasteiger partial charge < -0.3 is 0 Å². The van der Waals surface area contributed by atoms with Crippen LogP contribution >= 0.6 is 0 Å². The molecule has 0 radical (unpaired) electrons. The molecule has 0 saturated carbocycles. The summed E-state index contributed by atoms with van der Waals surface area (Å²) in [5.74, 6) is 0. The third kappa shape index (κ3) is 3.88. The van der Waals surface area contributed by atoms with Gasteiger partial charge in [0.1, 0.15) is 0 Å². The lowest BCUT2D eigenvalue weighted by Crippen LogP contribution is -2.31. The fourth-order valence-electron chi connectivity index (χ4n) is 3.41. The third-order valence-electron chi connectivity index (χ3n) is 5.90. The largest absolute Gasteiger partial charge is 0.243 e. The zero-order valence-electron chi connectivity index (χ0n) is 17.8. The Labute approximate surface area is 169 Å². The molecule has 2 rings (SSSR count). The van der Waals surface area contributed by atoms with E-state index in [-0.39, 0.29) is 4.90 Å². The topological polar surface area (TPSA) is 71.5 Å². The molecule has 0 aliphatic rings. The predicted octanol–water partition coefficient (Wildman–Crippen LogP) is 4.01. The van der Waals surface area contributed by atoms with Crippen LogP contribution in [0.1, 0.15) is 46.3 Å². The van der Waals surface area contributed by atoms with Gasteiger partial charge in [0, 0.05) is 19.3 Å². The van der Waals surface area contributed by atoms with Gasteiger partial charge in [0.05, 0.1) is 9.79 Å². The van der Waals surface area contributed by atoms with Crippen LogP contribution < -0.4 is 0 Å². The lowest BCUT2D eigenvalue weighted by Gasteiger charge is -2.28. The fraction of sp³-hybridized carbons (Fsp3) is 0.429. The molecule has 0 N–H and O–H groups in total. The Hall–Kier alpha value is -1.70. The summed E-state index contributed by atoms with van der Waals surface area (Å²) in [5.41, 5.74) is 5.36. The smallest absolute Gasteiger partial charge is 0.224 e. The maximum Gasteiger partial charge on any atom is 0.243 e. The van der Waals surface area contributed by atoms with Crippen LogP contribution in [0.3, 0.4) is 0 Å². The Morgan fingerprint density at radius 1 is 0.750 bits per heavy atom. The van der Waals surface area contributed by atoms with Gasteiger partial charge in [0.2, 0.25) is 10.0 Å². The number of sulfonamides is 1. The lowest BCUT2D eigenvalue weighted by atomic mass is 9.95. The second kappa shape index (κ2) is 7.61. The molecule has 1 atom stereocenters. The van der Waals surface area contributed by atoms with Gasteiger partial charge in [-0.1, -0.05) is 12.1 Å². The molecule has 0 spiro atoms. The molecule has 0 aromatic heterocycles. The Morgan fingerprint density at radius 2 is 1.14 bits per heavy atom. The normalized spacial score (nSPS) is 13.8. The maximum atomic E-state index is 13.5. The monoisotopic (exact) mass is 423 g/mol. The summed E-state index contributed by atoms with van der Waals surface area (Å²) in [5, 5.41) is 0. The van der Waals surface area contributed by atoms with E-state index in [2.05, 4.69) is 0 Å². The van der Waals surface area contributed by atoms with E-state index in [1.54, 1.807) is 26.1 Å². The van der Waals surface area contributed by atoms with Gasteiger partial charge in [0.25, 0.3) is 0 Å². The summed E-state index contributed by atoms with van der Waals surface area (Å²) >= 11 is 0. The van der Waals surface area contributed by atoms with Crippen LogP contribution in [-0.4, -0.2) is 34.4 Å². The van der Waals surface area contributed by atoms with E-state index in [0.29, 0.717) is 4.90 Å². The summed E-state index contributed by atoms with van der Waals surface area (Å²) in [4.78, 5) is 0.570. The predicted molar refractivity (Wildman–Crippen MR) is 113 cm³/mol. The molecule has 7 heteroatoms. The van der Waals surface area contributed by atoms with E-state index in [9.17, 15) is 16.8 Å². The summed E-state index contributed by atoms with van der Waals surface area (Å²) in [7, 11) is -5.46. The highest BCUT2D eigenvalue weighted by Crippen LogP contribution is 2.34. The van der Waals surface area contributed by atoms with E-state index >= 15 is 0 Å². The highest BCUT2D eigenvalue weighted by atomic mass is 32.2. The lowest BCUT2D eigenvalue weighted by molar-refractivity contribution is 0.397. The van der Waals surface area contributed by atoms with Crippen molar-refractivity contribution in [2.75, 3.05) is 13.3 Å². The highest BCUT2D eigenvalue weighted by Gasteiger charge is 2.31. The third-order valence-corrected chi connectivity index (χ3v) is 9.24. The number of hydrogen-bond acceptors (Lipinski definition) is 4. The van der Waals surface area contributed by atoms with E-state index in [1.807, 2.05) is 34.6 Å².